The van der Waals surface area contributed by atoms with Crippen molar-refractivity contribution in [1.82, 2.24) is 24.3 Å². The number of pyridine rings is 1. The number of hydrogen-bond donors (Lipinski definition) is 0. The quantitative estimate of drug-likeness (QED) is 0.0838. The predicted molar refractivity (Wildman–Crippen MR) is 304 cm³/mol. The van der Waals surface area contributed by atoms with Gasteiger partial charge in [-0.1, -0.05) is 145 Å². The van der Waals surface area contributed by atoms with E-state index >= 15 is 0 Å². The van der Waals surface area contributed by atoms with E-state index in [0.717, 1.165) is 96.8 Å². The number of imidazole rings is 2. The predicted octanol–water partition coefficient (Wildman–Crippen LogP) is 13.5. The van der Waals surface area contributed by atoms with Crippen LogP contribution in [-0.2, 0) is 26.3 Å². The SMILES string of the molecule is COc1cc[c-]c(-n2[c-][n+](-c3cccc(OC)c3)c(-c3ccccc3)c2-c2ccccc2)c1.COc1cc[c-]c(-n2[c-][n+](-c3cccc(OC)c3)c(-c3ccccc3)c2-c2ccccc2)c1.FC(F)(F)c1cc(-c2ccccn2)[n-]n1.[Ir]. The number of nitrogens with zero attached hydrogens (tertiary/aromatic N) is 7. The second kappa shape index (κ2) is 26.4. The number of rotatable bonds is 13. The van der Waals surface area contributed by atoms with Gasteiger partial charge in [-0.15, -0.1) is 24.3 Å². The summed E-state index contributed by atoms with van der Waals surface area (Å²) >= 11 is 0. The molecular formula is C67H51F3IrN7O4-3. The van der Waals surface area contributed by atoms with Gasteiger partial charge in [-0.3, -0.25) is 14.1 Å². The van der Waals surface area contributed by atoms with Crippen molar-refractivity contribution < 1.29 is 61.4 Å². The second-order valence-electron chi connectivity index (χ2n) is 17.9. The van der Waals surface area contributed by atoms with Crippen molar-refractivity contribution in [2.45, 2.75) is 6.18 Å². The van der Waals surface area contributed by atoms with Crippen LogP contribution in [0.3, 0.4) is 0 Å². The number of ether oxygens (including phenoxy) is 4. The molecule has 0 N–H and O–H groups in total. The van der Waals surface area contributed by atoms with Crippen LogP contribution in [0.25, 0.3) is 79.2 Å². The Morgan fingerprint density at radius 1 is 0.451 bits per heavy atom. The van der Waals surface area contributed by atoms with Crippen LogP contribution in [0.1, 0.15) is 5.69 Å². The smallest absolute Gasteiger partial charge is 0.431 e. The van der Waals surface area contributed by atoms with Crippen LogP contribution in [0.4, 0.5) is 13.2 Å². The molecule has 0 amide bonds. The molecule has 82 heavy (non-hydrogen) atoms. The third-order valence-corrected chi connectivity index (χ3v) is 12.8. The van der Waals surface area contributed by atoms with Gasteiger partial charge in [0.2, 0.25) is 0 Å². The van der Waals surface area contributed by atoms with Crippen molar-refractivity contribution >= 4 is 0 Å². The summed E-state index contributed by atoms with van der Waals surface area (Å²) in [6.45, 7) is 0. The molecule has 15 heteroatoms. The van der Waals surface area contributed by atoms with Crippen molar-refractivity contribution in [3.63, 3.8) is 0 Å². The zero-order valence-corrected chi connectivity index (χ0v) is 47.1. The standard InChI is InChI=1S/2C29H23N2O2.C9H5F3N3.Ir/c2*1-32-26-17-9-15-24(19-26)30-21-31(25-16-10-18-27(20-25)33-2)29(23-13-7-4-8-14-23)28(30)22-11-5-3-6-12-22;10-9(11,12)8-5-7(14-15-8)6-3-1-2-4-13-6;/h2*3-15,17-20H,1-2H3;1-5H;/q3*-1;. The summed E-state index contributed by atoms with van der Waals surface area (Å²) in [5.41, 5.74) is 11.5. The first-order chi connectivity index (χ1) is 39.6. The van der Waals surface area contributed by atoms with E-state index in [4.69, 9.17) is 18.9 Å². The van der Waals surface area contributed by atoms with E-state index in [2.05, 4.69) is 134 Å². The summed E-state index contributed by atoms with van der Waals surface area (Å²) in [4.78, 5) is 3.87. The molecule has 0 atom stereocenters. The molecule has 4 heterocycles. The Labute approximate surface area is 487 Å². The van der Waals surface area contributed by atoms with E-state index in [1.165, 1.54) is 6.20 Å². The van der Waals surface area contributed by atoms with E-state index in [9.17, 15) is 13.2 Å². The fourth-order valence-electron chi connectivity index (χ4n) is 8.94. The molecule has 0 fully saturated rings. The number of aromatic nitrogens is 7. The van der Waals surface area contributed by atoms with Gasteiger partial charge in [-0.2, -0.15) is 37.4 Å². The zero-order chi connectivity index (χ0) is 56.1. The molecule has 8 aromatic carbocycles. The number of halogens is 3. The van der Waals surface area contributed by atoms with Crippen LogP contribution < -0.4 is 33.2 Å². The van der Waals surface area contributed by atoms with Gasteiger partial charge < -0.3 is 38.3 Å². The summed E-state index contributed by atoms with van der Waals surface area (Å²) in [6, 6.07) is 81.4. The fourth-order valence-corrected chi connectivity index (χ4v) is 8.94. The molecule has 0 saturated heterocycles. The average Bonchev–Trinajstić information content (AvgIpc) is 4.15. The molecule has 12 rings (SSSR count). The molecule has 11 nitrogen and oxygen atoms in total. The molecule has 0 aliphatic carbocycles. The van der Waals surface area contributed by atoms with E-state index in [1.807, 2.05) is 130 Å². The minimum absolute atomic E-state index is 0. The van der Waals surface area contributed by atoms with Crippen LogP contribution in [-0.4, -0.2) is 47.7 Å². The van der Waals surface area contributed by atoms with Crippen LogP contribution in [0.2, 0.25) is 0 Å². The largest absolute Gasteiger partial charge is 0.573 e. The maximum absolute atomic E-state index is 12.2. The first-order valence-electron chi connectivity index (χ1n) is 25.5. The van der Waals surface area contributed by atoms with Crippen LogP contribution in [0.5, 0.6) is 23.0 Å². The van der Waals surface area contributed by atoms with Gasteiger partial charge in [0.25, 0.3) is 12.7 Å². The maximum atomic E-state index is 12.2. The summed E-state index contributed by atoms with van der Waals surface area (Å²) in [6.07, 6.45) is 4.17. The molecule has 0 spiro atoms. The van der Waals surface area contributed by atoms with Gasteiger partial charge in [0, 0.05) is 43.5 Å². The minimum Gasteiger partial charge on any atom is -0.573 e. The van der Waals surface area contributed by atoms with Gasteiger partial charge in [-0.05, 0) is 88.2 Å². The van der Waals surface area contributed by atoms with Crippen LogP contribution in [0, 0.1) is 24.8 Å². The molecule has 0 aliphatic heterocycles. The maximum Gasteiger partial charge on any atom is 0.431 e. The van der Waals surface area contributed by atoms with E-state index in [-0.39, 0.29) is 25.8 Å². The van der Waals surface area contributed by atoms with E-state index in [0.29, 0.717) is 5.69 Å². The number of alkyl halides is 3. The molecule has 0 bridgehead atoms. The molecular weight excluding hydrogens is 1220 g/mol. The van der Waals surface area contributed by atoms with Crippen molar-refractivity contribution in [3.8, 4) is 102 Å². The Morgan fingerprint density at radius 3 is 1.23 bits per heavy atom. The van der Waals surface area contributed by atoms with Crippen molar-refractivity contribution in [1.29, 1.82) is 0 Å². The van der Waals surface area contributed by atoms with Crippen molar-refractivity contribution in [2.75, 3.05) is 28.4 Å². The number of hydrogen-bond acceptors (Lipinski definition) is 6. The monoisotopic (exact) mass is 1270 g/mol. The van der Waals surface area contributed by atoms with Gasteiger partial charge in [0.15, 0.2) is 0 Å². The van der Waals surface area contributed by atoms with Crippen LogP contribution in [0.15, 0.2) is 237 Å². The Bertz CT molecular complexity index is 3560. The summed E-state index contributed by atoms with van der Waals surface area (Å²) in [7, 11) is 6.69. The third kappa shape index (κ3) is 12.9. The normalized spacial score (nSPS) is 10.8. The van der Waals surface area contributed by atoms with Gasteiger partial charge in [0.05, 0.1) is 62.6 Å². The van der Waals surface area contributed by atoms with Gasteiger partial charge in [-0.25, -0.2) is 0 Å². The molecule has 0 saturated carbocycles. The minimum atomic E-state index is -4.46. The Balaban J connectivity index is 0.000000157. The average molecular weight is 1270 g/mol. The summed E-state index contributed by atoms with van der Waals surface area (Å²) < 4.78 is 66.8. The van der Waals surface area contributed by atoms with Crippen molar-refractivity contribution in [3.05, 3.63) is 267 Å². The molecule has 0 unspecified atom stereocenters. The Morgan fingerprint density at radius 2 is 0.854 bits per heavy atom. The Kier molecular flexibility index (Phi) is 18.3. The van der Waals surface area contributed by atoms with Gasteiger partial charge >= 0.3 is 6.18 Å². The number of benzene rings is 8. The van der Waals surface area contributed by atoms with Crippen molar-refractivity contribution in [2.24, 2.45) is 0 Å². The molecule has 1 radical (unpaired) electrons. The molecule has 12 aromatic rings. The molecule has 411 valence electrons. The van der Waals surface area contributed by atoms with E-state index in [1.54, 1.807) is 46.6 Å². The topological polar surface area (TPSA) is 94.4 Å². The molecule has 4 aromatic heterocycles. The zero-order valence-electron chi connectivity index (χ0n) is 44.7. The first-order valence-corrected chi connectivity index (χ1v) is 25.5. The Hall–Kier alpha value is -9.82. The third-order valence-electron chi connectivity index (χ3n) is 12.8. The summed E-state index contributed by atoms with van der Waals surface area (Å²) in [5.74, 6) is 3.10. The second-order valence-corrected chi connectivity index (χ2v) is 17.9. The summed E-state index contributed by atoms with van der Waals surface area (Å²) in [5, 5.41) is 6.47. The van der Waals surface area contributed by atoms with Crippen LogP contribution >= 0.6 is 0 Å². The first kappa shape index (κ1) is 56.9. The van der Waals surface area contributed by atoms with E-state index < -0.39 is 11.9 Å². The number of methoxy groups -OCH3 is 4. The van der Waals surface area contributed by atoms with Gasteiger partial charge in [0.1, 0.15) is 17.2 Å². The molecule has 0 aliphatic rings. The fraction of sp³-hybridized carbons (Fsp3) is 0.0746.